The molecule has 4 unspecified atom stereocenters. The lowest BCUT2D eigenvalue weighted by atomic mass is 9.91. The topological polar surface area (TPSA) is 54.5 Å². The molecule has 0 aromatic rings. The molecule has 4 rings (SSSR count). The number of rotatable bonds is 7. The summed E-state index contributed by atoms with van der Waals surface area (Å²) in [5, 5.41) is 0. The van der Waals surface area contributed by atoms with Crippen LogP contribution in [0.15, 0.2) is 0 Å². The predicted octanol–water partition coefficient (Wildman–Crippen LogP) is 2.63. The number of amides is 1. The quantitative estimate of drug-likeness (QED) is 0.716. The average Bonchev–Trinajstić information content (AvgIpc) is 3.33. The van der Waals surface area contributed by atoms with Crippen molar-refractivity contribution in [2.45, 2.75) is 70.4 Å². The standard InChI is InChI=1S/C18H29NO3S/c1-12(14-4-5-14)19(17-6-7-17)18(20)11-23(21,22)10-13-2-3-15-9-16(15)8-13/h12-17H,2-11H2,1H3. The minimum absolute atomic E-state index is 0.132. The molecule has 0 N–H and O–H groups in total. The third-order valence-electron chi connectivity index (χ3n) is 6.46. The molecule has 0 aliphatic heterocycles. The lowest BCUT2D eigenvalue weighted by Crippen LogP contribution is -2.45. The molecule has 4 fully saturated rings. The molecule has 1 amide bonds. The van der Waals surface area contributed by atoms with E-state index in [1.54, 1.807) is 0 Å². The molecule has 0 heterocycles. The summed E-state index contributed by atoms with van der Waals surface area (Å²) in [4.78, 5) is 14.6. The van der Waals surface area contributed by atoms with Gasteiger partial charge in [-0.3, -0.25) is 4.79 Å². The average molecular weight is 340 g/mol. The van der Waals surface area contributed by atoms with E-state index >= 15 is 0 Å². The second-order valence-electron chi connectivity index (χ2n) is 8.60. The number of hydrogen-bond acceptors (Lipinski definition) is 3. The fourth-order valence-corrected chi connectivity index (χ4v) is 6.37. The summed E-state index contributed by atoms with van der Waals surface area (Å²) in [7, 11) is -3.27. The molecule has 0 spiro atoms. The summed E-state index contributed by atoms with van der Waals surface area (Å²) in [5.74, 6) is 2.42. The van der Waals surface area contributed by atoms with Crippen LogP contribution < -0.4 is 0 Å². The zero-order valence-electron chi connectivity index (χ0n) is 14.1. The van der Waals surface area contributed by atoms with Crippen LogP contribution in [0.25, 0.3) is 0 Å². The van der Waals surface area contributed by atoms with Crippen LogP contribution in [0.3, 0.4) is 0 Å². The first kappa shape index (κ1) is 15.9. The predicted molar refractivity (Wildman–Crippen MR) is 89.6 cm³/mol. The molecule has 0 aromatic heterocycles. The van der Waals surface area contributed by atoms with Crippen LogP contribution in [-0.2, 0) is 14.6 Å². The molecular formula is C18H29NO3S. The van der Waals surface area contributed by atoms with Crippen molar-refractivity contribution < 1.29 is 13.2 Å². The Morgan fingerprint density at radius 1 is 1.04 bits per heavy atom. The highest BCUT2D eigenvalue weighted by atomic mass is 32.2. The highest BCUT2D eigenvalue weighted by Crippen LogP contribution is 2.51. The van der Waals surface area contributed by atoms with Crippen molar-refractivity contribution in [3.8, 4) is 0 Å². The van der Waals surface area contributed by atoms with Crippen LogP contribution in [0.2, 0.25) is 0 Å². The van der Waals surface area contributed by atoms with Gasteiger partial charge in [0.1, 0.15) is 5.75 Å². The summed E-state index contributed by atoms with van der Waals surface area (Å²) in [6.07, 6.45) is 9.10. The summed E-state index contributed by atoms with van der Waals surface area (Å²) >= 11 is 0. The Labute approximate surface area is 139 Å². The first-order valence-electron chi connectivity index (χ1n) is 9.44. The van der Waals surface area contributed by atoms with E-state index in [9.17, 15) is 13.2 Å². The van der Waals surface area contributed by atoms with Crippen LogP contribution >= 0.6 is 0 Å². The van der Waals surface area contributed by atoms with Gasteiger partial charge in [-0.2, -0.15) is 0 Å². The Balaban J connectivity index is 1.35. The summed E-state index contributed by atoms with van der Waals surface area (Å²) in [6.45, 7) is 2.11. The van der Waals surface area contributed by atoms with E-state index in [-0.39, 0.29) is 23.5 Å². The Kier molecular flexibility index (Phi) is 3.98. The number of carbonyl (C=O) groups is 1. The maximum Gasteiger partial charge on any atom is 0.238 e. The maximum absolute atomic E-state index is 12.7. The van der Waals surface area contributed by atoms with E-state index in [2.05, 4.69) is 6.92 Å². The smallest absolute Gasteiger partial charge is 0.238 e. The van der Waals surface area contributed by atoms with Crippen LogP contribution in [0.4, 0.5) is 0 Å². The van der Waals surface area contributed by atoms with Crippen LogP contribution in [0.5, 0.6) is 0 Å². The Bertz CT molecular complexity index is 579. The highest BCUT2D eigenvalue weighted by Gasteiger charge is 2.44. The third kappa shape index (κ3) is 3.75. The summed E-state index contributed by atoms with van der Waals surface area (Å²) < 4.78 is 25.1. The van der Waals surface area contributed by atoms with E-state index < -0.39 is 9.84 Å². The van der Waals surface area contributed by atoms with Gasteiger partial charge in [-0.05, 0) is 82.0 Å². The van der Waals surface area contributed by atoms with Gasteiger partial charge in [0, 0.05) is 12.1 Å². The fraction of sp³-hybridized carbons (Fsp3) is 0.944. The molecule has 4 nitrogen and oxygen atoms in total. The Morgan fingerprint density at radius 2 is 1.78 bits per heavy atom. The fourth-order valence-electron chi connectivity index (χ4n) is 4.70. The molecule has 0 saturated heterocycles. The molecular weight excluding hydrogens is 310 g/mol. The molecule has 4 atom stereocenters. The second-order valence-corrected chi connectivity index (χ2v) is 10.7. The molecule has 4 aliphatic rings. The van der Waals surface area contributed by atoms with E-state index in [1.165, 1.54) is 25.7 Å². The molecule has 0 radical (unpaired) electrons. The van der Waals surface area contributed by atoms with Crippen molar-refractivity contribution in [3.05, 3.63) is 0 Å². The van der Waals surface area contributed by atoms with E-state index in [1.807, 2.05) is 4.90 Å². The zero-order chi connectivity index (χ0) is 16.2. The van der Waals surface area contributed by atoms with Gasteiger partial charge in [0.25, 0.3) is 0 Å². The van der Waals surface area contributed by atoms with E-state index in [4.69, 9.17) is 0 Å². The number of carbonyl (C=O) groups excluding carboxylic acids is 1. The monoisotopic (exact) mass is 339 g/mol. The van der Waals surface area contributed by atoms with Crippen molar-refractivity contribution in [2.24, 2.45) is 23.7 Å². The molecule has 5 heteroatoms. The molecule has 130 valence electrons. The molecule has 0 aromatic carbocycles. The van der Waals surface area contributed by atoms with Crippen molar-refractivity contribution in [1.29, 1.82) is 0 Å². The third-order valence-corrected chi connectivity index (χ3v) is 8.12. The first-order valence-corrected chi connectivity index (χ1v) is 11.3. The molecule has 4 aliphatic carbocycles. The van der Waals surface area contributed by atoms with Crippen molar-refractivity contribution in [2.75, 3.05) is 11.5 Å². The van der Waals surface area contributed by atoms with Gasteiger partial charge >= 0.3 is 0 Å². The Hall–Kier alpha value is -0.580. The lowest BCUT2D eigenvalue weighted by Gasteiger charge is -2.30. The number of sulfone groups is 1. The van der Waals surface area contributed by atoms with Gasteiger partial charge in [-0.1, -0.05) is 0 Å². The molecule has 4 saturated carbocycles. The molecule has 23 heavy (non-hydrogen) atoms. The van der Waals surface area contributed by atoms with Gasteiger partial charge in [0.15, 0.2) is 9.84 Å². The normalized spacial score (nSPS) is 34.6. The minimum Gasteiger partial charge on any atom is -0.336 e. The lowest BCUT2D eigenvalue weighted by molar-refractivity contribution is -0.131. The van der Waals surface area contributed by atoms with E-state index in [0.29, 0.717) is 17.9 Å². The SMILES string of the molecule is CC(C1CC1)N(C(=O)CS(=O)(=O)CC1CCC2CC2C1)C1CC1. The second kappa shape index (κ2) is 5.75. The molecule has 0 bridgehead atoms. The van der Waals surface area contributed by atoms with Gasteiger partial charge in [0.05, 0.1) is 5.75 Å². The van der Waals surface area contributed by atoms with Crippen LogP contribution in [-0.4, -0.2) is 42.8 Å². The first-order chi connectivity index (χ1) is 10.9. The van der Waals surface area contributed by atoms with Crippen LogP contribution in [0.1, 0.15) is 58.3 Å². The minimum atomic E-state index is -3.27. The van der Waals surface area contributed by atoms with Gasteiger partial charge in [-0.15, -0.1) is 0 Å². The van der Waals surface area contributed by atoms with Gasteiger partial charge < -0.3 is 4.90 Å². The van der Waals surface area contributed by atoms with Gasteiger partial charge in [0.2, 0.25) is 5.91 Å². The van der Waals surface area contributed by atoms with Crippen molar-refractivity contribution >= 4 is 15.7 Å². The number of hydrogen-bond donors (Lipinski definition) is 0. The van der Waals surface area contributed by atoms with Crippen molar-refractivity contribution in [3.63, 3.8) is 0 Å². The highest BCUT2D eigenvalue weighted by molar-refractivity contribution is 7.92. The Morgan fingerprint density at radius 3 is 2.39 bits per heavy atom. The summed E-state index contributed by atoms with van der Waals surface area (Å²) in [6, 6.07) is 0.544. The number of fused-ring (bicyclic) bond motifs is 1. The van der Waals surface area contributed by atoms with Crippen molar-refractivity contribution in [1.82, 2.24) is 4.90 Å². The maximum atomic E-state index is 12.7. The van der Waals surface area contributed by atoms with E-state index in [0.717, 1.165) is 37.5 Å². The number of nitrogens with zero attached hydrogens (tertiary/aromatic N) is 1. The zero-order valence-corrected chi connectivity index (χ0v) is 14.9. The van der Waals surface area contributed by atoms with Crippen LogP contribution in [0, 0.1) is 23.7 Å². The largest absolute Gasteiger partial charge is 0.336 e. The summed E-state index contributed by atoms with van der Waals surface area (Å²) in [5.41, 5.74) is 0. The van der Waals surface area contributed by atoms with Gasteiger partial charge in [-0.25, -0.2) is 8.42 Å².